The Morgan fingerprint density at radius 1 is 1.32 bits per heavy atom. The van der Waals surface area contributed by atoms with Gasteiger partial charge in [-0.2, -0.15) is 13.2 Å². The molecule has 1 rings (SSSR count). The van der Waals surface area contributed by atoms with Crippen molar-refractivity contribution in [1.82, 2.24) is 0 Å². The lowest BCUT2D eigenvalue weighted by Gasteiger charge is -2.26. The van der Waals surface area contributed by atoms with Crippen molar-refractivity contribution >= 4 is 0 Å². The highest BCUT2D eigenvalue weighted by Gasteiger charge is 2.34. The molecule has 0 heterocycles. The van der Waals surface area contributed by atoms with E-state index in [1.165, 1.54) is 25.1 Å². The fourth-order valence-electron chi connectivity index (χ4n) is 1.76. The second-order valence-corrected chi connectivity index (χ2v) is 4.83. The molecule has 2 unspecified atom stereocenters. The number of alkyl halides is 3. The van der Waals surface area contributed by atoms with Crippen molar-refractivity contribution in [3.8, 4) is 5.75 Å². The molecule has 108 valence electrons. The van der Waals surface area contributed by atoms with Gasteiger partial charge in [0.1, 0.15) is 5.75 Å². The van der Waals surface area contributed by atoms with E-state index in [1.54, 1.807) is 6.92 Å². The van der Waals surface area contributed by atoms with Crippen LogP contribution in [-0.4, -0.2) is 23.4 Å². The van der Waals surface area contributed by atoms with Crippen molar-refractivity contribution in [3.05, 3.63) is 29.8 Å². The first-order valence-corrected chi connectivity index (χ1v) is 5.91. The Morgan fingerprint density at radius 3 is 2.42 bits per heavy atom. The first-order chi connectivity index (χ1) is 8.65. The van der Waals surface area contributed by atoms with E-state index in [9.17, 15) is 18.3 Å². The van der Waals surface area contributed by atoms with E-state index in [2.05, 4.69) is 0 Å². The molecule has 0 amide bonds. The minimum Gasteiger partial charge on any atom is -0.490 e. The Morgan fingerprint density at radius 2 is 1.89 bits per heavy atom. The molecule has 0 aromatic heterocycles. The smallest absolute Gasteiger partial charge is 0.419 e. The summed E-state index contributed by atoms with van der Waals surface area (Å²) in [6.07, 6.45) is -4.90. The lowest BCUT2D eigenvalue weighted by molar-refractivity contribution is -0.139. The van der Waals surface area contributed by atoms with Crippen LogP contribution in [0.1, 0.15) is 25.8 Å². The number of ether oxygens (including phenoxy) is 1. The number of benzene rings is 1. The van der Waals surface area contributed by atoms with E-state index in [0.29, 0.717) is 0 Å². The summed E-state index contributed by atoms with van der Waals surface area (Å²) in [5, 5.41) is 9.77. The van der Waals surface area contributed by atoms with Crippen LogP contribution in [-0.2, 0) is 6.18 Å². The zero-order valence-electron chi connectivity index (χ0n) is 10.9. The third kappa shape index (κ3) is 4.72. The molecule has 3 N–H and O–H groups in total. The minimum atomic E-state index is -4.47. The van der Waals surface area contributed by atoms with Crippen LogP contribution >= 0.6 is 0 Å². The predicted molar refractivity (Wildman–Crippen MR) is 65.8 cm³/mol. The summed E-state index contributed by atoms with van der Waals surface area (Å²) in [6, 6.07) is 4.99. The predicted octanol–water partition coefficient (Wildman–Crippen LogP) is 2.57. The number of para-hydroxylation sites is 1. The zero-order valence-corrected chi connectivity index (χ0v) is 10.9. The normalized spacial score (nSPS) is 16.8. The van der Waals surface area contributed by atoms with E-state index in [-0.39, 0.29) is 18.7 Å². The molecule has 0 saturated carbocycles. The Kier molecular flexibility index (Phi) is 4.81. The molecular weight excluding hydrogens is 259 g/mol. The first kappa shape index (κ1) is 15.8. The maximum Gasteiger partial charge on any atom is 0.419 e. The van der Waals surface area contributed by atoms with Crippen LogP contribution in [0.25, 0.3) is 0 Å². The van der Waals surface area contributed by atoms with Crippen molar-refractivity contribution < 1.29 is 23.0 Å². The fraction of sp³-hybridized carbons (Fsp3) is 0.538. The maximum atomic E-state index is 12.8. The molecule has 2 atom stereocenters. The Labute approximate surface area is 110 Å². The van der Waals surface area contributed by atoms with Crippen LogP contribution in [0.2, 0.25) is 0 Å². The summed E-state index contributed by atoms with van der Waals surface area (Å²) in [5.41, 5.74) is 3.38. The zero-order chi connectivity index (χ0) is 14.7. The third-order valence-corrected chi connectivity index (χ3v) is 2.69. The molecule has 0 aliphatic carbocycles. The number of halogens is 3. The summed E-state index contributed by atoms with van der Waals surface area (Å²) in [6.45, 7) is 3.13. The van der Waals surface area contributed by atoms with Gasteiger partial charge in [0.2, 0.25) is 0 Å². The molecule has 0 radical (unpaired) electrons. The molecule has 1 aromatic carbocycles. The van der Waals surface area contributed by atoms with Gasteiger partial charge < -0.3 is 15.6 Å². The average Bonchev–Trinajstić information content (AvgIpc) is 2.27. The van der Waals surface area contributed by atoms with Crippen LogP contribution in [0.3, 0.4) is 0 Å². The van der Waals surface area contributed by atoms with Crippen LogP contribution in [0.15, 0.2) is 24.3 Å². The number of rotatable bonds is 5. The lowest BCUT2D eigenvalue weighted by atomic mass is 9.99. The van der Waals surface area contributed by atoms with E-state index in [0.717, 1.165) is 6.07 Å². The van der Waals surface area contributed by atoms with Gasteiger partial charge in [0, 0.05) is 13.0 Å². The summed E-state index contributed by atoms with van der Waals surface area (Å²) in [7, 11) is 0. The van der Waals surface area contributed by atoms with Crippen LogP contribution in [0.4, 0.5) is 13.2 Å². The van der Waals surface area contributed by atoms with Crippen LogP contribution in [0, 0.1) is 0 Å². The highest BCUT2D eigenvalue weighted by molar-refractivity contribution is 5.35. The fourth-order valence-corrected chi connectivity index (χ4v) is 1.76. The molecule has 0 aliphatic heterocycles. The number of hydrogen-bond donors (Lipinski definition) is 2. The Hall–Kier alpha value is -1.27. The van der Waals surface area contributed by atoms with E-state index >= 15 is 0 Å². The van der Waals surface area contributed by atoms with Crippen molar-refractivity contribution in [2.75, 3.05) is 6.54 Å². The molecule has 0 spiro atoms. The van der Waals surface area contributed by atoms with Gasteiger partial charge >= 0.3 is 6.18 Å². The second kappa shape index (κ2) is 5.79. The molecule has 6 heteroatoms. The molecule has 0 aliphatic rings. The maximum absolute atomic E-state index is 12.8. The largest absolute Gasteiger partial charge is 0.490 e. The number of nitrogens with two attached hydrogens (primary N) is 1. The highest BCUT2D eigenvalue weighted by atomic mass is 19.4. The van der Waals surface area contributed by atoms with Gasteiger partial charge in [-0.15, -0.1) is 0 Å². The summed E-state index contributed by atoms with van der Waals surface area (Å²) >= 11 is 0. The number of hydrogen-bond acceptors (Lipinski definition) is 3. The van der Waals surface area contributed by atoms with Crippen molar-refractivity contribution in [2.45, 2.75) is 38.1 Å². The van der Waals surface area contributed by atoms with Crippen LogP contribution in [0.5, 0.6) is 5.75 Å². The summed E-state index contributed by atoms with van der Waals surface area (Å²) in [5.74, 6) is -0.240. The van der Waals surface area contributed by atoms with E-state index in [4.69, 9.17) is 10.5 Å². The molecule has 19 heavy (non-hydrogen) atoms. The lowest BCUT2D eigenvalue weighted by Crippen LogP contribution is -2.38. The van der Waals surface area contributed by atoms with Gasteiger partial charge in [0.25, 0.3) is 0 Å². The highest BCUT2D eigenvalue weighted by Crippen LogP contribution is 2.36. The van der Waals surface area contributed by atoms with E-state index < -0.39 is 23.4 Å². The monoisotopic (exact) mass is 277 g/mol. The standard InChI is InChI=1S/C13H18F3NO2/c1-9(7-12(2,18)8-17)19-11-6-4-3-5-10(11)13(14,15)16/h3-6,9,18H,7-8,17H2,1-2H3. The van der Waals surface area contributed by atoms with Gasteiger partial charge in [-0.1, -0.05) is 12.1 Å². The Balaban J connectivity index is 2.83. The molecule has 1 aromatic rings. The van der Waals surface area contributed by atoms with Gasteiger partial charge in [0.05, 0.1) is 17.3 Å². The number of aliphatic hydroxyl groups is 1. The average molecular weight is 277 g/mol. The first-order valence-electron chi connectivity index (χ1n) is 5.91. The molecule has 0 saturated heterocycles. The Bertz CT molecular complexity index is 419. The van der Waals surface area contributed by atoms with Gasteiger partial charge in [0.15, 0.2) is 0 Å². The molecule has 3 nitrogen and oxygen atoms in total. The van der Waals surface area contributed by atoms with Crippen molar-refractivity contribution in [2.24, 2.45) is 5.73 Å². The summed E-state index contributed by atoms with van der Waals surface area (Å²) in [4.78, 5) is 0. The second-order valence-electron chi connectivity index (χ2n) is 4.83. The van der Waals surface area contributed by atoms with Crippen molar-refractivity contribution in [3.63, 3.8) is 0 Å². The molecular formula is C13H18F3NO2. The van der Waals surface area contributed by atoms with Gasteiger partial charge in [-0.25, -0.2) is 0 Å². The molecule has 0 fully saturated rings. The molecule has 0 bridgehead atoms. The SMILES string of the molecule is CC(CC(C)(O)CN)Oc1ccccc1C(F)(F)F. The topological polar surface area (TPSA) is 55.5 Å². The quantitative estimate of drug-likeness (QED) is 0.869. The van der Waals surface area contributed by atoms with Crippen molar-refractivity contribution in [1.29, 1.82) is 0 Å². The van der Waals surface area contributed by atoms with E-state index in [1.807, 2.05) is 0 Å². The van der Waals surface area contributed by atoms with Gasteiger partial charge in [-0.05, 0) is 26.0 Å². The van der Waals surface area contributed by atoms with Crippen LogP contribution < -0.4 is 10.5 Å². The third-order valence-electron chi connectivity index (χ3n) is 2.69. The summed E-state index contributed by atoms with van der Waals surface area (Å²) < 4.78 is 43.5. The minimum absolute atomic E-state index is 0.0155. The van der Waals surface area contributed by atoms with Gasteiger partial charge in [-0.3, -0.25) is 0 Å².